The molecule has 0 atom stereocenters. The Morgan fingerprint density at radius 2 is 2.17 bits per heavy atom. The fourth-order valence-corrected chi connectivity index (χ4v) is 3.56. The molecule has 3 rings (SSSR count). The van der Waals surface area contributed by atoms with E-state index in [2.05, 4.69) is 39.5 Å². The van der Waals surface area contributed by atoms with Gasteiger partial charge >= 0.3 is 0 Å². The number of rotatable bonds is 6. The molecule has 1 amide bonds. The third-order valence-corrected chi connectivity index (χ3v) is 5.07. The van der Waals surface area contributed by atoms with Crippen LogP contribution in [0.15, 0.2) is 41.8 Å². The number of carbonyl (C=O) groups is 1. The van der Waals surface area contributed by atoms with Gasteiger partial charge in [-0.3, -0.25) is 9.69 Å². The number of nitrogens with zero attached hydrogens (tertiary/aromatic N) is 3. The van der Waals surface area contributed by atoms with Crippen LogP contribution in [0.1, 0.15) is 11.1 Å². The van der Waals surface area contributed by atoms with Gasteiger partial charge in [-0.15, -0.1) is 0 Å². The highest BCUT2D eigenvalue weighted by Crippen LogP contribution is 2.18. The van der Waals surface area contributed by atoms with Gasteiger partial charge in [0.15, 0.2) is 5.16 Å². The Hall–Kier alpha value is -1.79. The molecule has 122 valence electrons. The first-order valence-corrected chi connectivity index (χ1v) is 8.87. The molecule has 0 bridgehead atoms. The Kier molecular flexibility index (Phi) is 5.35. The number of amides is 1. The summed E-state index contributed by atoms with van der Waals surface area (Å²) in [4.78, 5) is 18.5. The molecule has 0 radical (unpaired) electrons. The van der Waals surface area contributed by atoms with Crippen molar-refractivity contribution in [2.45, 2.75) is 18.1 Å². The molecule has 1 N–H and O–H groups in total. The van der Waals surface area contributed by atoms with E-state index in [4.69, 9.17) is 0 Å². The largest absolute Gasteiger partial charge is 0.354 e. The molecule has 0 unspecified atom stereocenters. The predicted octanol–water partition coefficient (Wildman–Crippen LogP) is 1.69. The van der Waals surface area contributed by atoms with Crippen LogP contribution in [0, 0.1) is 0 Å². The van der Waals surface area contributed by atoms with E-state index in [1.165, 1.54) is 11.1 Å². The van der Waals surface area contributed by atoms with Crippen LogP contribution in [0.4, 0.5) is 0 Å². The summed E-state index contributed by atoms with van der Waals surface area (Å²) >= 11 is 1.66. The SMILES string of the molecule is Cn1ccnc1SCCNC(=O)CN1CCc2ccccc2C1. The van der Waals surface area contributed by atoms with Gasteiger partial charge in [0.2, 0.25) is 5.91 Å². The number of hydrogen-bond acceptors (Lipinski definition) is 4. The van der Waals surface area contributed by atoms with Crippen molar-refractivity contribution >= 4 is 17.7 Å². The van der Waals surface area contributed by atoms with Crippen molar-refractivity contribution in [3.63, 3.8) is 0 Å². The summed E-state index contributed by atoms with van der Waals surface area (Å²) in [7, 11) is 1.97. The van der Waals surface area contributed by atoms with Crippen LogP contribution >= 0.6 is 11.8 Å². The van der Waals surface area contributed by atoms with Gasteiger partial charge in [-0.2, -0.15) is 0 Å². The first-order valence-electron chi connectivity index (χ1n) is 7.88. The van der Waals surface area contributed by atoms with E-state index in [-0.39, 0.29) is 5.91 Å². The topological polar surface area (TPSA) is 50.2 Å². The smallest absolute Gasteiger partial charge is 0.234 e. The third-order valence-electron chi connectivity index (χ3n) is 4.01. The van der Waals surface area contributed by atoms with E-state index in [9.17, 15) is 4.79 Å². The number of aryl methyl sites for hydroxylation is 1. The Labute approximate surface area is 141 Å². The number of thioether (sulfide) groups is 1. The van der Waals surface area contributed by atoms with Crippen LogP contribution in [0.5, 0.6) is 0 Å². The highest BCUT2D eigenvalue weighted by atomic mass is 32.2. The summed E-state index contributed by atoms with van der Waals surface area (Å²) in [5.74, 6) is 0.934. The average molecular weight is 330 g/mol. The minimum absolute atomic E-state index is 0.102. The molecule has 1 aliphatic rings. The lowest BCUT2D eigenvalue weighted by molar-refractivity contribution is -0.122. The van der Waals surface area contributed by atoms with Gasteiger partial charge in [0.05, 0.1) is 6.54 Å². The maximum absolute atomic E-state index is 12.1. The normalized spacial score (nSPS) is 14.5. The molecule has 0 saturated carbocycles. The number of aromatic nitrogens is 2. The van der Waals surface area contributed by atoms with Crippen molar-refractivity contribution in [2.75, 3.05) is 25.4 Å². The maximum Gasteiger partial charge on any atom is 0.234 e. The molecule has 0 aliphatic carbocycles. The lowest BCUT2D eigenvalue weighted by atomic mass is 10.00. The van der Waals surface area contributed by atoms with Crippen LogP contribution < -0.4 is 5.32 Å². The molecule has 0 fully saturated rings. The van der Waals surface area contributed by atoms with Crippen LogP contribution in [0.25, 0.3) is 0 Å². The fraction of sp³-hybridized carbons (Fsp3) is 0.412. The first-order chi connectivity index (χ1) is 11.2. The van der Waals surface area contributed by atoms with E-state index in [0.29, 0.717) is 13.1 Å². The van der Waals surface area contributed by atoms with Crippen molar-refractivity contribution < 1.29 is 4.79 Å². The quantitative estimate of drug-likeness (QED) is 0.647. The van der Waals surface area contributed by atoms with Crippen molar-refractivity contribution in [1.82, 2.24) is 19.8 Å². The molecule has 1 aromatic carbocycles. The van der Waals surface area contributed by atoms with Crippen LogP contribution in [-0.2, 0) is 24.8 Å². The Morgan fingerprint density at radius 1 is 1.35 bits per heavy atom. The predicted molar refractivity (Wildman–Crippen MR) is 92.4 cm³/mol. The van der Waals surface area contributed by atoms with Crippen LogP contribution in [-0.4, -0.2) is 45.7 Å². The van der Waals surface area contributed by atoms with Crippen molar-refractivity contribution in [3.05, 3.63) is 47.8 Å². The van der Waals surface area contributed by atoms with Crippen LogP contribution in [0.2, 0.25) is 0 Å². The van der Waals surface area contributed by atoms with Crippen molar-refractivity contribution in [2.24, 2.45) is 7.05 Å². The van der Waals surface area contributed by atoms with Crippen LogP contribution in [0.3, 0.4) is 0 Å². The van der Waals surface area contributed by atoms with Gasteiger partial charge < -0.3 is 9.88 Å². The monoisotopic (exact) mass is 330 g/mol. The van der Waals surface area contributed by atoms with E-state index in [0.717, 1.165) is 30.4 Å². The molecular weight excluding hydrogens is 308 g/mol. The first kappa shape index (κ1) is 16.1. The number of carbonyl (C=O) groups excluding carboxylic acids is 1. The second-order valence-corrected chi connectivity index (χ2v) is 6.81. The second kappa shape index (κ2) is 7.66. The number of imidazole rings is 1. The third kappa shape index (κ3) is 4.36. The summed E-state index contributed by atoms with van der Waals surface area (Å²) in [5, 5.41) is 3.98. The molecular formula is C17H22N4OS. The van der Waals surface area contributed by atoms with Gasteiger partial charge in [-0.05, 0) is 17.5 Å². The summed E-state index contributed by atoms with van der Waals surface area (Å²) in [6.45, 7) is 2.96. The van der Waals surface area contributed by atoms with Crippen molar-refractivity contribution in [1.29, 1.82) is 0 Å². The highest BCUT2D eigenvalue weighted by molar-refractivity contribution is 7.99. The Morgan fingerprint density at radius 3 is 2.96 bits per heavy atom. The molecule has 2 heterocycles. The molecule has 0 spiro atoms. The summed E-state index contributed by atoms with van der Waals surface area (Å²) in [6.07, 6.45) is 4.74. The standard InChI is InChI=1S/C17H22N4OS/c1-20-10-7-19-17(20)23-11-8-18-16(22)13-21-9-6-14-4-2-3-5-15(14)12-21/h2-5,7,10H,6,8-9,11-13H2,1H3,(H,18,22). The van der Waals surface area contributed by atoms with E-state index >= 15 is 0 Å². The summed E-state index contributed by atoms with van der Waals surface area (Å²) in [5.41, 5.74) is 2.76. The lowest BCUT2D eigenvalue weighted by Gasteiger charge is -2.28. The highest BCUT2D eigenvalue weighted by Gasteiger charge is 2.17. The van der Waals surface area contributed by atoms with Gasteiger partial charge in [0.1, 0.15) is 0 Å². The molecule has 1 aromatic heterocycles. The number of fused-ring (bicyclic) bond motifs is 1. The Balaban J connectivity index is 1.38. The van der Waals surface area contributed by atoms with E-state index in [1.807, 2.05) is 17.8 Å². The summed E-state index contributed by atoms with van der Waals surface area (Å²) < 4.78 is 1.98. The fourth-order valence-electron chi connectivity index (χ4n) is 2.77. The van der Waals surface area contributed by atoms with E-state index < -0.39 is 0 Å². The van der Waals surface area contributed by atoms with Gasteiger partial charge in [0.25, 0.3) is 0 Å². The molecule has 6 heteroatoms. The summed E-state index contributed by atoms with van der Waals surface area (Å²) in [6, 6.07) is 8.49. The minimum atomic E-state index is 0.102. The molecule has 0 saturated heterocycles. The van der Waals surface area contributed by atoms with Gasteiger partial charge in [-0.1, -0.05) is 36.0 Å². The number of hydrogen-bond donors (Lipinski definition) is 1. The van der Waals surface area contributed by atoms with Gasteiger partial charge in [-0.25, -0.2) is 4.98 Å². The molecule has 1 aliphatic heterocycles. The van der Waals surface area contributed by atoms with Gasteiger partial charge in [0, 0.05) is 44.8 Å². The van der Waals surface area contributed by atoms with Crippen molar-refractivity contribution in [3.8, 4) is 0 Å². The zero-order valence-electron chi connectivity index (χ0n) is 13.4. The molecule has 5 nitrogen and oxygen atoms in total. The average Bonchev–Trinajstić information content (AvgIpc) is 2.97. The lowest BCUT2D eigenvalue weighted by Crippen LogP contribution is -2.40. The number of nitrogens with one attached hydrogen (secondary N) is 1. The maximum atomic E-state index is 12.1. The zero-order chi connectivity index (χ0) is 16.1. The molecule has 2 aromatic rings. The molecule has 23 heavy (non-hydrogen) atoms. The second-order valence-electron chi connectivity index (χ2n) is 5.75. The Bertz CT molecular complexity index is 670. The number of benzene rings is 1. The zero-order valence-corrected chi connectivity index (χ0v) is 14.2. The minimum Gasteiger partial charge on any atom is -0.354 e. The van der Waals surface area contributed by atoms with E-state index in [1.54, 1.807) is 18.0 Å².